The quantitative estimate of drug-likeness (QED) is 0.780. The van der Waals surface area contributed by atoms with Crippen LogP contribution in [0.3, 0.4) is 0 Å². The molecule has 0 N–H and O–H groups in total. The highest BCUT2D eigenvalue weighted by Gasteiger charge is 2.33. The second-order valence-corrected chi connectivity index (χ2v) is 3.90. The number of pyridine rings is 1. The molecule has 4 nitrogen and oxygen atoms in total. The SMILES string of the molecule is COc1cc(CC#N)c(I)c(OC(F)(F)F)n1. The molecule has 0 fully saturated rings. The van der Waals surface area contributed by atoms with Crippen molar-refractivity contribution in [3.8, 4) is 17.8 Å². The smallest absolute Gasteiger partial charge is 0.481 e. The molecule has 1 aromatic heterocycles. The van der Waals surface area contributed by atoms with Crippen molar-refractivity contribution in [3.63, 3.8) is 0 Å². The molecule has 8 heteroatoms. The zero-order valence-electron chi connectivity index (χ0n) is 8.51. The average Bonchev–Trinajstić information content (AvgIpc) is 2.22. The molecule has 0 amide bonds. The lowest BCUT2D eigenvalue weighted by molar-refractivity contribution is -0.276. The Labute approximate surface area is 108 Å². The van der Waals surface area contributed by atoms with E-state index in [1.54, 1.807) is 22.6 Å². The molecule has 0 aliphatic heterocycles. The summed E-state index contributed by atoms with van der Waals surface area (Å²) in [5.41, 5.74) is 0.374. The highest BCUT2D eigenvalue weighted by molar-refractivity contribution is 14.1. The Morgan fingerprint density at radius 2 is 2.18 bits per heavy atom. The molecule has 0 spiro atoms. The highest BCUT2D eigenvalue weighted by atomic mass is 127. The van der Waals surface area contributed by atoms with Crippen molar-refractivity contribution < 1.29 is 22.6 Å². The summed E-state index contributed by atoms with van der Waals surface area (Å²) in [5.74, 6) is -0.641. The number of hydrogen-bond donors (Lipinski definition) is 0. The molecule has 0 aliphatic carbocycles. The first-order valence-electron chi connectivity index (χ1n) is 4.23. The summed E-state index contributed by atoms with van der Waals surface area (Å²) in [7, 11) is 1.27. The minimum atomic E-state index is -4.83. The van der Waals surface area contributed by atoms with Crippen LogP contribution in [-0.4, -0.2) is 18.5 Å². The van der Waals surface area contributed by atoms with Crippen LogP contribution in [0, 0.1) is 14.9 Å². The predicted molar refractivity (Wildman–Crippen MR) is 59.5 cm³/mol. The van der Waals surface area contributed by atoms with Crippen molar-refractivity contribution in [3.05, 3.63) is 15.2 Å². The topological polar surface area (TPSA) is 55.1 Å². The first-order valence-corrected chi connectivity index (χ1v) is 5.31. The normalized spacial score (nSPS) is 10.8. The van der Waals surface area contributed by atoms with Gasteiger partial charge in [0.2, 0.25) is 11.8 Å². The number of rotatable bonds is 3. The first-order chi connectivity index (χ1) is 7.87. The molecular formula is C9H6F3IN2O2. The van der Waals surface area contributed by atoms with Crippen molar-refractivity contribution >= 4 is 22.6 Å². The van der Waals surface area contributed by atoms with E-state index in [0.29, 0.717) is 5.56 Å². The lowest BCUT2D eigenvalue weighted by atomic mass is 10.2. The molecule has 0 saturated heterocycles. The van der Waals surface area contributed by atoms with Crippen LogP contribution in [0.1, 0.15) is 5.56 Å². The van der Waals surface area contributed by atoms with E-state index < -0.39 is 12.2 Å². The second-order valence-electron chi connectivity index (χ2n) is 2.83. The zero-order chi connectivity index (χ0) is 13.1. The number of alkyl halides is 3. The Kier molecular flexibility index (Phi) is 4.39. The van der Waals surface area contributed by atoms with Crippen LogP contribution in [-0.2, 0) is 6.42 Å². The van der Waals surface area contributed by atoms with Crippen molar-refractivity contribution in [1.82, 2.24) is 4.98 Å². The lowest BCUT2D eigenvalue weighted by Gasteiger charge is -2.12. The largest absolute Gasteiger partial charge is 0.574 e. The number of ether oxygens (including phenoxy) is 2. The Morgan fingerprint density at radius 3 is 2.65 bits per heavy atom. The monoisotopic (exact) mass is 358 g/mol. The van der Waals surface area contributed by atoms with Gasteiger partial charge in [-0.15, -0.1) is 13.2 Å². The molecule has 1 rings (SSSR count). The van der Waals surface area contributed by atoms with E-state index in [9.17, 15) is 13.2 Å². The summed E-state index contributed by atoms with van der Waals surface area (Å²) in [6.07, 6.45) is -4.88. The second kappa shape index (κ2) is 5.39. The average molecular weight is 358 g/mol. The Hall–Kier alpha value is -1.24. The number of halogens is 4. The Bertz CT molecular complexity index is 457. The van der Waals surface area contributed by atoms with E-state index in [2.05, 4.69) is 9.72 Å². The van der Waals surface area contributed by atoms with Crippen LogP contribution in [0.25, 0.3) is 0 Å². The lowest BCUT2D eigenvalue weighted by Crippen LogP contribution is -2.19. The van der Waals surface area contributed by atoms with E-state index in [1.807, 2.05) is 6.07 Å². The van der Waals surface area contributed by atoms with E-state index in [0.717, 1.165) is 0 Å². The molecular weight excluding hydrogens is 352 g/mol. The number of methoxy groups -OCH3 is 1. The molecule has 0 atom stereocenters. The maximum absolute atomic E-state index is 12.1. The molecule has 0 aromatic carbocycles. The number of hydrogen-bond acceptors (Lipinski definition) is 4. The molecule has 0 bridgehead atoms. The van der Waals surface area contributed by atoms with Crippen LogP contribution < -0.4 is 9.47 Å². The third-order valence-electron chi connectivity index (χ3n) is 1.67. The maximum atomic E-state index is 12.1. The highest BCUT2D eigenvalue weighted by Crippen LogP contribution is 2.30. The van der Waals surface area contributed by atoms with Gasteiger partial charge in [-0.3, -0.25) is 0 Å². The van der Waals surface area contributed by atoms with Gasteiger partial charge in [-0.1, -0.05) is 0 Å². The van der Waals surface area contributed by atoms with Crippen molar-refractivity contribution in [2.45, 2.75) is 12.8 Å². The van der Waals surface area contributed by atoms with Gasteiger partial charge in [0.1, 0.15) is 0 Å². The number of aromatic nitrogens is 1. The fraction of sp³-hybridized carbons (Fsp3) is 0.333. The number of nitriles is 1. The van der Waals surface area contributed by atoms with Gasteiger partial charge in [0.15, 0.2) is 0 Å². The summed E-state index contributed by atoms with van der Waals surface area (Å²) in [6, 6.07) is 3.24. The third-order valence-corrected chi connectivity index (χ3v) is 2.82. The van der Waals surface area contributed by atoms with Gasteiger partial charge in [0.05, 0.1) is 23.2 Å². The molecule has 1 heterocycles. The van der Waals surface area contributed by atoms with Gasteiger partial charge in [0.25, 0.3) is 0 Å². The fourth-order valence-electron chi connectivity index (χ4n) is 1.03. The van der Waals surface area contributed by atoms with Crippen LogP contribution in [0.4, 0.5) is 13.2 Å². The molecule has 17 heavy (non-hydrogen) atoms. The predicted octanol–water partition coefficient (Wildman–Crippen LogP) is 2.66. The van der Waals surface area contributed by atoms with Gasteiger partial charge >= 0.3 is 6.36 Å². The van der Waals surface area contributed by atoms with Gasteiger partial charge < -0.3 is 9.47 Å². The van der Waals surface area contributed by atoms with Crippen molar-refractivity contribution in [1.29, 1.82) is 5.26 Å². The zero-order valence-corrected chi connectivity index (χ0v) is 10.7. The standard InChI is InChI=1S/C9H6F3IN2O2/c1-16-6-4-5(2-3-14)7(13)8(15-6)17-9(10,11)12/h4H,2H2,1H3. The third kappa shape index (κ3) is 3.92. The first kappa shape index (κ1) is 13.8. The fourth-order valence-corrected chi connectivity index (χ4v) is 1.60. The Morgan fingerprint density at radius 1 is 1.53 bits per heavy atom. The number of nitrogens with zero attached hydrogens (tertiary/aromatic N) is 2. The Balaban J connectivity index is 3.20. The minimum Gasteiger partial charge on any atom is -0.481 e. The van der Waals surface area contributed by atoms with Crippen LogP contribution in [0.2, 0.25) is 0 Å². The van der Waals surface area contributed by atoms with Crippen molar-refractivity contribution in [2.75, 3.05) is 7.11 Å². The molecule has 0 radical (unpaired) electrons. The summed E-state index contributed by atoms with van der Waals surface area (Å²) in [5, 5.41) is 8.55. The van der Waals surface area contributed by atoms with Crippen LogP contribution in [0.5, 0.6) is 11.8 Å². The van der Waals surface area contributed by atoms with Gasteiger partial charge in [0, 0.05) is 6.07 Å². The summed E-state index contributed by atoms with van der Waals surface area (Å²) >= 11 is 1.64. The molecule has 0 unspecified atom stereocenters. The van der Waals surface area contributed by atoms with E-state index in [1.165, 1.54) is 13.2 Å². The van der Waals surface area contributed by atoms with Gasteiger partial charge in [-0.05, 0) is 28.2 Å². The van der Waals surface area contributed by atoms with Crippen LogP contribution in [0.15, 0.2) is 6.07 Å². The van der Waals surface area contributed by atoms with Gasteiger partial charge in [-0.2, -0.15) is 10.2 Å². The maximum Gasteiger partial charge on any atom is 0.574 e. The molecule has 0 aliphatic rings. The molecule has 92 valence electrons. The van der Waals surface area contributed by atoms with Crippen LogP contribution >= 0.6 is 22.6 Å². The van der Waals surface area contributed by atoms with E-state index in [-0.39, 0.29) is 15.9 Å². The van der Waals surface area contributed by atoms with Gasteiger partial charge in [-0.25, -0.2) is 0 Å². The summed E-state index contributed by atoms with van der Waals surface area (Å²) in [4.78, 5) is 3.54. The summed E-state index contributed by atoms with van der Waals surface area (Å²) in [6.45, 7) is 0. The summed E-state index contributed by atoms with van der Waals surface area (Å²) < 4.78 is 44.9. The van der Waals surface area contributed by atoms with E-state index >= 15 is 0 Å². The molecule has 0 saturated carbocycles. The molecule has 1 aromatic rings. The van der Waals surface area contributed by atoms with Crippen molar-refractivity contribution in [2.24, 2.45) is 0 Å². The minimum absolute atomic E-state index is 0.0325. The van der Waals surface area contributed by atoms with E-state index in [4.69, 9.17) is 10.00 Å².